The molecule has 178 valence electrons. The molecule has 0 bridgehead atoms. The lowest BCUT2D eigenvalue weighted by Crippen LogP contribution is -2.36. The summed E-state index contributed by atoms with van der Waals surface area (Å²) in [5, 5.41) is 7.28. The number of hydrogen-bond donors (Lipinski definition) is 1. The highest BCUT2D eigenvalue weighted by molar-refractivity contribution is 6.00. The predicted molar refractivity (Wildman–Crippen MR) is 128 cm³/mol. The fourth-order valence-electron chi connectivity index (χ4n) is 4.04. The maximum Gasteiger partial charge on any atom is 0.257 e. The molecule has 1 aliphatic heterocycles. The Hall–Kier alpha value is -3.72. The van der Waals surface area contributed by atoms with Crippen LogP contribution in [-0.2, 0) is 9.53 Å². The minimum absolute atomic E-state index is 0.106. The number of halogens is 1. The molecule has 0 saturated carbocycles. The summed E-state index contributed by atoms with van der Waals surface area (Å²) >= 11 is 0. The Morgan fingerprint density at radius 3 is 2.29 bits per heavy atom. The lowest BCUT2D eigenvalue weighted by Gasteiger charge is -2.28. The van der Waals surface area contributed by atoms with Crippen molar-refractivity contribution in [3.05, 3.63) is 71.3 Å². The van der Waals surface area contributed by atoms with Crippen molar-refractivity contribution in [1.82, 2.24) is 14.7 Å². The van der Waals surface area contributed by atoms with E-state index in [1.807, 2.05) is 24.3 Å². The first-order chi connectivity index (χ1) is 16.3. The number of nitrogens with one attached hydrogen (secondary N) is 1. The van der Waals surface area contributed by atoms with E-state index in [0.29, 0.717) is 41.5 Å². The summed E-state index contributed by atoms with van der Waals surface area (Å²) in [6.07, 6.45) is 0. The highest BCUT2D eigenvalue weighted by Crippen LogP contribution is 2.21. The Balaban J connectivity index is 1.39. The molecule has 4 rings (SSSR count). The zero-order valence-electron chi connectivity index (χ0n) is 19.5. The molecule has 1 aromatic heterocycles. The number of morpholine rings is 1. The summed E-state index contributed by atoms with van der Waals surface area (Å²) in [5.74, 6) is -0.944. The summed E-state index contributed by atoms with van der Waals surface area (Å²) in [7, 11) is 1.58. The Morgan fingerprint density at radius 1 is 1.03 bits per heavy atom. The third kappa shape index (κ3) is 5.09. The third-order valence-corrected chi connectivity index (χ3v) is 5.83. The number of aromatic nitrogens is 2. The van der Waals surface area contributed by atoms with Crippen LogP contribution in [0.5, 0.6) is 0 Å². The number of likely N-dealkylation sites (N-methyl/N-ethyl adjacent to an activating group) is 1. The maximum absolute atomic E-state index is 13.3. The van der Waals surface area contributed by atoms with E-state index in [4.69, 9.17) is 4.74 Å². The van der Waals surface area contributed by atoms with Crippen molar-refractivity contribution in [2.75, 3.05) is 50.1 Å². The second-order valence-corrected chi connectivity index (χ2v) is 8.29. The first kappa shape index (κ1) is 23.4. The molecule has 1 saturated heterocycles. The predicted octanol–water partition coefficient (Wildman–Crippen LogP) is 3.18. The van der Waals surface area contributed by atoms with Crippen LogP contribution in [0.15, 0.2) is 48.5 Å². The van der Waals surface area contributed by atoms with Gasteiger partial charge in [-0.3, -0.25) is 9.59 Å². The van der Waals surface area contributed by atoms with Gasteiger partial charge in [-0.15, -0.1) is 0 Å². The lowest BCUT2D eigenvalue weighted by atomic mass is 10.1. The van der Waals surface area contributed by atoms with Gasteiger partial charge in [0.2, 0.25) is 5.91 Å². The third-order valence-electron chi connectivity index (χ3n) is 5.83. The van der Waals surface area contributed by atoms with Crippen molar-refractivity contribution in [2.24, 2.45) is 0 Å². The Morgan fingerprint density at radius 2 is 1.65 bits per heavy atom. The number of amides is 2. The second kappa shape index (κ2) is 10.0. The van der Waals surface area contributed by atoms with Gasteiger partial charge < -0.3 is 19.9 Å². The highest BCUT2D eigenvalue weighted by Gasteiger charge is 2.23. The zero-order valence-corrected chi connectivity index (χ0v) is 19.5. The molecule has 0 unspecified atom stereocenters. The van der Waals surface area contributed by atoms with Crippen molar-refractivity contribution in [3.8, 4) is 5.69 Å². The smallest absolute Gasteiger partial charge is 0.257 e. The Labute approximate surface area is 197 Å². The van der Waals surface area contributed by atoms with E-state index >= 15 is 0 Å². The van der Waals surface area contributed by atoms with E-state index in [-0.39, 0.29) is 24.2 Å². The number of ether oxygens (including phenoxy) is 1. The van der Waals surface area contributed by atoms with Crippen LogP contribution in [0.2, 0.25) is 0 Å². The van der Waals surface area contributed by atoms with Crippen LogP contribution in [0.1, 0.15) is 21.7 Å². The van der Waals surface area contributed by atoms with Crippen LogP contribution in [0, 0.1) is 19.7 Å². The first-order valence-electron chi connectivity index (χ1n) is 11.1. The van der Waals surface area contributed by atoms with Crippen LogP contribution in [0.3, 0.4) is 0 Å². The van der Waals surface area contributed by atoms with Crippen LogP contribution < -0.4 is 10.2 Å². The highest BCUT2D eigenvalue weighted by atomic mass is 19.1. The molecule has 8 nitrogen and oxygen atoms in total. The van der Waals surface area contributed by atoms with Gasteiger partial charge in [0.15, 0.2) is 0 Å². The molecule has 2 aromatic carbocycles. The standard InChI is InChI=1S/C25H28FN5O3/c1-17-24(18(2)31(28-17)22-8-4-19(26)5-9-22)25(33)29(3)16-23(32)27-20-6-10-21(11-7-20)30-12-14-34-15-13-30/h4-11H,12-16H2,1-3H3,(H,27,32). The number of carbonyl (C=O) groups is 2. The Kier molecular flexibility index (Phi) is 6.93. The average molecular weight is 466 g/mol. The average Bonchev–Trinajstić information content (AvgIpc) is 3.13. The molecule has 0 spiro atoms. The van der Waals surface area contributed by atoms with Crippen LogP contribution >= 0.6 is 0 Å². The summed E-state index contributed by atoms with van der Waals surface area (Å²) < 4.78 is 20.3. The van der Waals surface area contributed by atoms with E-state index in [1.54, 1.807) is 37.7 Å². The number of aryl methyl sites for hydroxylation is 1. The largest absolute Gasteiger partial charge is 0.378 e. The topological polar surface area (TPSA) is 79.7 Å². The van der Waals surface area contributed by atoms with Gasteiger partial charge in [0, 0.05) is 31.5 Å². The maximum atomic E-state index is 13.3. The number of nitrogens with zero attached hydrogens (tertiary/aromatic N) is 4. The van der Waals surface area contributed by atoms with E-state index in [0.717, 1.165) is 18.8 Å². The molecule has 0 radical (unpaired) electrons. The summed E-state index contributed by atoms with van der Waals surface area (Å²) in [4.78, 5) is 29.3. The lowest BCUT2D eigenvalue weighted by molar-refractivity contribution is -0.116. The Bertz CT molecular complexity index is 1170. The molecule has 1 N–H and O–H groups in total. The molecule has 1 aliphatic rings. The molecule has 0 atom stereocenters. The van der Waals surface area contributed by atoms with Gasteiger partial charge in [-0.1, -0.05) is 0 Å². The number of benzene rings is 2. The van der Waals surface area contributed by atoms with Crippen molar-refractivity contribution >= 4 is 23.2 Å². The monoisotopic (exact) mass is 465 g/mol. The van der Waals surface area contributed by atoms with Gasteiger partial charge in [0.1, 0.15) is 5.82 Å². The van der Waals surface area contributed by atoms with E-state index in [9.17, 15) is 14.0 Å². The molecule has 2 amide bonds. The summed E-state index contributed by atoms with van der Waals surface area (Å²) in [6, 6.07) is 13.5. The SMILES string of the molecule is Cc1nn(-c2ccc(F)cc2)c(C)c1C(=O)N(C)CC(=O)Nc1ccc(N2CCOCC2)cc1. The van der Waals surface area contributed by atoms with Crippen molar-refractivity contribution < 1.29 is 18.7 Å². The molecular formula is C25H28FN5O3. The van der Waals surface area contributed by atoms with Crippen molar-refractivity contribution in [1.29, 1.82) is 0 Å². The quantitative estimate of drug-likeness (QED) is 0.605. The van der Waals surface area contributed by atoms with Crippen molar-refractivity contribution in [2.45, 2.75) is 13.8 Å². The van der Waals surface area contributed by atoms with Crippen molar-refractivity contribution in [3.63, 3.8) is 0 Å². The minimum Gasteiger partial charge on any atom is -0.378 e. The zero-order chi connectivity index (χ0) is 24.2. The van der Waals surface area contributed by atoms with Crippen LogP contribution in [-0.4, -0.2) is 66.4 Å². The number of carbonyl (C=O) groups excluding carboxylic acids is 2. The fourth-order valence-corrected chi connectivity index (χ4v) is 4.04. The number of rotatable bonds is 6. The van der Waals surface area contributed by atoms with Crippen LogP contribution in [0.25, 0.3) is 5.69 Å². The second-order valence-electron chi connectivity index (χ2n) is 8.29. The number of hydrogen-bond acceptors (Lipinski definition) is 5. The van der Waals surface area contributed by atoms with Gasteiger partial charge in [-0.05, 0) is 62.4 Å². The fraction of sp³-hybridized carbons (Fsp3) is 0.320. The molecule has 34 heavy (non-hydrogen) atoms. The molecule has 2 heterocycles. The van der Waals surface area contributed by atoms with E-state index in [1.165, 1.54) is 17.0 Å². The van der Waals surface area contributed by atoms with Crippen LogP contribution in [0.4, 0.5) is 15.8 Å². The normalized spacial score (nSPS) is 13.6. The molecule has 9 heteroatoms. The summed E-state index contributed by atoms with van der Waals surface area (Å²) in [5.41, 5.74) is 3.99. The first-order valence-corrected chi connectivity index (χ1v) is 11.1. The minimum atomic E-state index is -0.344. The molecule has 3 aromatic rings. The van der Waals surface area contributed by atoms with E-state index in [2.05, 4.69) is 15.3 Å². The summed E-state index contributed by atoms with van der Waals surface area (Å²) in [6.45, 7) is 6.51. The number of anilines is 2. The van der Waals surface area contributed by atoms with Gasteiger partial charge >= 0.3 is 0 Å². The van der Waals surface area contributed by atoms with Gasteiger partial charge in [-0.2, -0.15) is 5.10 Å². The van der Waals surface area contributed by atoms with Gasteiger partial charge in [0.25, 0.3) is 5.91 Å². The molecule has 1 fully saturated rings. The van der Waals surface area contributed by atoms with Gasteiger partial charge in [-0.25, -0.2) is 9.07 Å². The molecular weight excluding hydrogens is 437 g/mol. The van der Waals surface area contributed by atoms with Gasteiger partial charge in [0.05, 0.1) is 42.4 Å². The van der Waals surface area contributed by atoms with E-state index < -0.39 is 0 Å². The molecule has 0 aliphatic carbocycles.